The molecule has 0 aliphatic rings. The van der Waals surface area contributed by atoms with Crippen LogP contribution in [-0.4, -0.2) is 59.8 Å². The molecule has 1 amide bonds. The van der Waals surface area contributed by atoms with E-state index in [1.54, 1.807) is 30.5 Å². The summed E-state index contributed by atoms with van der Waals surface area (Å²) in [6, 6.07) is 7.17. The molecule has 0 aliphatic heterocycles. The highest BCUT2D eigenvalue weighted by Gasteiger charge is 2.13. The van der Waals surface area contributed by atoms with E-state index in [9.17, 15) is 9.00 Å². The number of benzene rings is 1. The number of nitrogens with zero attached hydrogens (tertiary/aromatic N) is 1. The van der Waals surface area contributed by atoms with Gasteiger partial charge in [-0.05, 0) is 38.2 Å². The molecule has 124 valence electrons. The van der Waals surface area contributed by atoms with E-state index in [-0.39, 0.29) is 18.5 Å². The van der Waals surface area contributed by atoms with Crippen LogP contribution in [0.5, 0.6) is 5.75 Å². The van der Waals surface area contributed by atoms with Crippen LogP contribution in [0.25, 0.3) is 0 Å². The molecule has 0 saturated carbocycles. The highest BCUT2D eigenvalue weighted by Crippen LogP contribution is 2.15. The van der Waals surface area contributed by atoms with E-state index in [2.05, 4.69) is 5.32 Å². The van der Waals surface area contributed by atoms with Gasteiger partial charge in [-0.1, -0.05) is 11.6 Å². The van der Waals surface area contributed by atoms with Gasteiger partial charge in [-0.15, -0.1) is 0 Å². The molecular formula is C15H23ClN2O3S. The molecule has 1 aromatic rings. The maximum Gasteiger partial charge on any atom is 0.234 e. The summed E-state index contributed by atoms with van der Waals surface area (Å²) in [4.78, 5) is 13.7. The summed E-state index contributed by atoms with van der Waals surface area (Å²) in [7, 11) is 0.985. The number of carbonyl (C=O) groups excluding carboxylic acids is 1. The molecule has 0 bridgehead atoms. The molecule has 2 atom stereocenters. The van der Waals surface area contributed by atoms with E-state index < -0.39 is 10.8 Å². The van der Waals surface area contributed by atoms with Crippen LogP contribution in [0.1, 0.15) is 6.92 Å². The van der Waals surface area contributed by atoms with Gasteiger partial charge in [0.15, 0.2) is 0 Å². The zero-order valence-corrected chi connectivity index (χ0v) is 14.7. The van der Waals surface area contributed by atoms with E-state index >= 15 is 0 Å². The molecule has 0 aliphatic carbocycles. The Morgan fingerprint density at radius 1 is 1.41 bits per heavy atom. The minimum Gasteiger partial charge on any atom is -0.492 e. The van der Waals surface area contributed by atoms with Gasteiger partial charge in [-0.2, -0.15) is 0 Å². The molecule has 1 N–H and O–H groups in total. The topological polar surface area (TPSA) is 58.6 Å². The Balaban J connectivity index is 2.20. The molecule has 0 saturated heterocycles. The molecule has 7 heteroatoms. The van der Waals surface area contributed by atoms with Gasteiger partial charge < -0.3 is 10.1 Å². The Kier molecular flexibility index (Phi) is 8.45. The third kappa shape index (κ3) is 7.77. The first-order valence-electron chi connectivity index (χ1n) is 7.04. The van der Waals surface area contributed by atoms with Gasteiger partial charge in [-0.3, -0.25) is 13.9 Å². The molecule has 0 fully saturated rings. The van der Waals surface area contributed by atoms with Crippen molar-refractivity contribution in [1.82, 2.24) is 10.2 Å². The molecular weight excluding hydrogens is 324 g/mol. The molecule has 0 heterocycles. The fourth-order valence-corrected chi connectivity index (χ4v) is 2.86. The lowest BCUT2D eigenvalue weighted by Crippen LogP contribution is -2.42. The Morgan fingerprint density at radius 3 is 2.64 bits per heavy atom. The lowest BCUT2D eigenvalue weighted by Gasteiger charge is -2.23. The van der Waals surface area contributed by atoms with Crippen LogP contribution >= 0.6 is 11.6 Å². The van der Waals surface area contributed by atoms with E-state index in [1.165, 1.54) is 0 Å². The third-order valence-electron chi connectivity index (χ3n) is 3.13. The average Bonchev–Trinajstić information content (AvgIpc) is 2.44. The average molecular weight is 347 g/mol. The SMILES string of the molecule is C[C@@H](C[S@@](C)=O)N(C)CC(=O)NCCOc1ccc(Cl)cc1. The minimum atomic E-state index is -0.864. The number of ether oxygens (including phenoxy) is 1. The van der Waals surface area contributed by atoms with Crippen molar-refractivity contribution in [1.29, 1.82) is 0 Å². The van der Waals surface area contributed by atoms with Crippen LogP contribution in [0.3, 0.4) is 0 Å². The van der Waals surface area contributed by atoms with Crippen molar-refractivity contribution in [2.24, 2.45) is 0 Å². The van der Waals surface area contributed by atoms with E-state index in [0.717, 1.165) is 5.75 Å². The fraction of sp³-hybridized carbons (Fsp3) is 0.533. The van der Waals surface area contributed by atoms with Crippen LogP contribution in [0, 0.1) is 0 Å². The smallest absolute Gasteiger partial charge is 0.234 e. The van der Waals surface area contributed by atoms with Crippen molar-refractivity contribution >= 4 is 28.3 Å². The molecule has 0 spiro atoms. The zero-order valence-electron chi connectivity index (χ0n) is 13.2. The number of rotatable bonds is 9. The van der Waals surface area contributed by atoms with Gasteiger partial charge in [0.05, 0.1) is 13.1 Å². The van der Waals surface area contributed by atoms with Crippen molar-refractivity contribution in [2.45, 2.75) is 13.0 Å². The minimum absolute atomic E-state index is 0.0732. The number of likely N-dealkylation sites (N-methyl/N-ethyl adjacent to an activating group) is 1. The summed E-state index contributed by atoms with van der Waals surface area (Å²) in [5.74, 6) is 1.20. The summed E-state index contributed by atoms with van der Waals surface area (Å²) in [6.07, 6.45) is 1.67. The largest absolute Gasteiger partial charge is 0.492 e. The normalized spacial score (nSPS) is 13.7. The predicted molar refractivity (Wildman–Crippen MR) is 91.0 cm³/mol. The monoisotopic (exact) mass is 346 g/mol. The van der Waals surface area contributed by atoms with Crippen molar-refractivity contribution in [3.63, 3.8) is 0 Å². The lowest BCUT2D eigenvalue weighted by molar-refractivity contribution is -0.122. The maximum atomic E-state index is 11.8. The second kappa shape index (κ2) is 9.82. The highest BCUT2D eigenvalue weighted by atomic mass is 35.5. The summed E-state index contributed by atoms with van der Waals surface area (Å²) < 4.78 is 16.7. The van der Waals surface area contributed by atoms with Gasteiger partial charge in [0.2, 0.25) is 5.91 Å². The van der Waals surface area contributed by atoms with Crippen molar-refractivity contribution in [2.75, 3.05) is 38.8 Å². The molecule has 1 aromatic carbocycles. The summed E-state index contributed by atoms with van der Waals surface area (Å²) in [6.45, 7) is 3.06. The van der Waals surface area contributed by atoms with Crippen LogP contribution in [0.4, 0.5) is 0 Å². The molecule has 22 heavy (non-hydrogen) atoms. The quantitative estimate of drug-likeness (QED) is 0.689. The number of hydrogen-bond acceptors (Lipinski definition) is 4. The van der Waals surface area contributed by atoms with Crippen molar-refractivity contribution in [3.05, 3.63) is 29.3 Å². The van der Waals surface area contributed by atoms with E-state index in [4.69, 9.17) is 16.3 Å². The van der Waals surface area contributed by atoms with Crippen LogP contribution in [0.2, 0.25) is 5.02 Å². The number of nitrogens with one attached hydrogen (secondary N) is 1. The fourth-order valence-electron chi connectivity index (χ4n) is 1.80. The maximum absolute atomic E-state index is 11.8. The Hall–Kier alpha value is -1.11. The lowest BCUT2D eigenvalue weighted by atomic mass is 10.3. The first-order chi connectivity index (χ1) is 10.4. The summed E-state index contributed by atoms with van der Waals surface area (Å²) >= 11 is 5.78. The molecule has 0 unspecified atom stereocenters. The number of hydrogen-bond donors (Lipinski definition) is 1. The van der Waals surface area contributed by atoms with Gasteiger partial charge in [0.25, 0.3) is 0 Å². The van der Waals surface area contributed by atoms with Gasteiger partial charge in [0.1, 0.15) is 12.4 Å². The van der Waals surface area contributed by atoms with Crippen LogP contribution < -0.4 is 10.1 Å². The first-order valence-corrected chi connectivity index (χ1v) is 9.14. The molecule has 0 radical (unpaired) electrons. The molecule has 5 nitrogen and oxygen atoms in total. The number of amides is 1. The Bertz CT molecular complexity index is 496. The van der Waals surface area contributed by atoms with Crippen molar-refractivity contribution < 1.29 is 13.7 Å². The first kappa shape index (κ1) is 18.9. The van der Waals surface area contributed by atoms with E-state index in [1.807, 2.05) is 18.9 Å². The highest BCUT2D eigenvalue weighted by molar-refractivity contribution is 7.84. The summed E-state index contributed by atoms with van der Waals surface area (Å²) in [5, 5.41) is 3.45. The second-order valence-electron chi connectivity index (χ2n) is 5.16. The molecule has 1 rings (SSSR count). The Labute approximate surface area is 139 Å². The zero-order chi connectivity index (χ0) is 16.5. The standard InChI is InChI=1S/C15H23ClN2O3S/c1-12(11-22(3)20)18(2)10-15(19)17-8-9-21-14-6-4-13(16)5-7-14/h4-7,12H,8-11H2,1-3H3,(H,17,19)/t12-,22+/m0/s1. The van der Waals surface area contributed by atoms with Gasteiger partial charge >= 0.3 is 0 Å². The van der Waals surface area contributed by atoms with Crippen molar-refractivity contribution in [3.8, 4) is 5.75 Å². The Morgan fingerprint density at radius 2 is 2.05 bits per heavy atom. The predicted octanol–water partition coefficient (Wildman–Crippen LogP) is 1.53. The molecule has 0 aromatic heterocycles. The third-order valence-corrected chi connectivity index (χ3v) is 4.33. The summed E-state index contributed by atoms with van der Waals surface area (Å²) in [5.41, 5.74) is 0. The van der Waals surface area contributed by atoms with Gasteiger partial charge in [0, 0.05) is 33.9 Å². The van der Waals surface area contributed by atoms with Gasteiger partial charge in [-0.25, -0.2) is 0 Å². The second-order valence-corrected chi connectivity index (χ2v) is 7.07. The van der Waals surface area contributed by atoms with Crippen LogP contribution in [0.15, 0.2) is 24.3 Å². The number of halogens is 1. The number of carbonyl (C=O) groups is 1. The van der Waals surface area contributed by atoms with E-state index in [0.29, 0.717) is 23.9 Å². The van der Waals surface area contributed by atoms with Crippen LogP contribution in [-0.2, 0) is 15.6 Å².